The van der Waals surface area contributed by atoms with Gasteiger partial charge in [0.05, 0.1) is 0 Å². The SMILES string of the molecule is CC[CH-]P(=O)(c1ccccc1)c1ccccc1. The standard InChI is InChI=1S/C15H16OP/c1-2-13-17(16,14-9-5-3-6-10-14)15-11-7-4-8-12-15/h3-13H,2H2,1H3/q-1. The van der Waals surface area contributed by atoms with E-state index in [-0.39, 0.29) is 0 Å². The maximum absolute atomic E-state index is 13.2. The molecule has 17 heavy (non-hydrogen) atoms. The molecular weight excluding hydrogens is 227 g/mol. The third kappa shape index (κ3) is 2.50. The quantitative estimate of drug-likeness (QED) is 0.592. The minimum absolute atomic E-state index is 0.807. The molecule has 0 saturated heterocycles. The van der Waals surface area contributed by atoms with E-state index < -0.39 is 7.14 Å². The van der Waals surface area contributed by atoms with Crippen molar-refractivity contribution in [2.24, 2.45) is 0 Å². The zero-order valence-electron chi connectivity index (χ0n) is 9.91. The summed E-state index contributed by atoms with van der Waals surface area (Å²) in [6, 6.07) is 19.4. The average molecular weight is 243 g/mol. The normalized spacial score (nSPS) is 11.4. The molecule has 0 amide bonds. The summed E-state index contributed by atoms with van der Waals surface area (Å²) < 4.78 is 13.2. The van der Waals surface area contributed by atoms with Crippen LogP contribution in [0.3, 0.4) is 0 Å². The largest absolute Gasteiger partial charge is 0.348 e. The highest BCUT2D eigenvalue weighted by Gasteiger charge is 2.16. The summed E-state index contributed by atoms with van der Waals surface area (Å²) in [7, 11) is -2.55. The fourth-order valence-electron chi connectivity index (χ4n) is 1.92. The van der Waals surface area contributed by atoms with Gasteiger partial charge in [0, 0.05) is 7.14 Å². The zero-order valence-corrected chi connectivity index (χ0v) is 10.8. The van der Waals surface area contributed by atoms with E-state index >= 15 is 0 Å². The Bertz CT molecular complexity index is 461. The minimum Gasteiger partial charge on any atom is -0.348 e. The molecule has 0 aliphatic rings. The fourth-order valence-corrected chi connectivity index (χ4v) is 4.38. The van der Waals surface area contributed by atoms with Gasteiger partial charge in [-0.05, 0) is 10.6 Å². The smallest absolute Gasteiger partial charge is 0.0101 e. The van der Waals surface area contributed by atoms with Crippen molar-refractivity contribution in [2.45, 2.75) is 13.3 Å². The summed E-state index contributed by atoms with van der Waals surface area (Å²) in [6.45, 7) is 2.03. The van der Waals surface area contributed by atoms with Crippen LogP contribution in [-0.2, 0) is 4.57 Å². The highest BCUT2D eigenvalue weighted by molar-refractivity contribution is 7.80. The lowest BCUT2D eigenvalue weighted by molar-refractivity contribution is 0.589. The summed E-state index contributed by atoms with van der Waals surface area (Å²) in [5.74, 6) is 0. The monoisotopic (exact) mass is 243 g/mol. The first-order valence-electron chi connectivity index (χ1n) is 5.82. The van der Waals surface area contributed by atoms with Crippen molar-refractivity contribution in [2.75, 3.05) is 0 Å². The summed E-state index contributed by atoms with van der Waals surface area (Å²) in [6.07, 6.45) is 2.75. The Balaban J connectivity index is 2.51. The predicted molar refractivity (Wildman–Crippen MR) is 74.3 cm³/mol. The van der Waals surface area contributed by atoms with Gasteiger partial charge in [0.2, 0.25) is 0 Å². The van der Waals surface area contributed by atoms with Crippen molar-refractivity contribution < 1.29 is 4.57 Å². The molecule has 0 aromatic heterocycles. The molecule has 0 saturated carbocycles. The molecule has 0 unspecified atom stereocenters. The Morgan fingerprint density at radius 3 is 1.65 bits per heavy atom. The van der Waals surface area contributed by atoms with E-state index in [1.54, 1.807) is 0 Å². The second-order valence-corrected chi connectivity index (χ2v) is 6.63. The minimum atomic E-state index is -2.55. The van der Waals surface area contributed by atoms with E-state index in [4.69, 9.17) is 0 Å². The van der Waals surface area contributed by atoms with Crippen LogP contribution in [0.25, 0.3) is 0 Å². The maximum atomic E-state index is 13.2. The Morgan fingerprint density at radius 1 is 0.882 bits per heavy atom. The van der Waals surface area contributed by atoms with Gasteiger partial charge in [-0.3, -0.25) is 6.16 Å². The van der Waals surface area contributed by atoms with Gasteiger partial charge >= 0.3 is 0 Å². The maximum Gasteiger partial charge on any atom is 0.0101 e. The van der Waals surface area contributed by atoms with Crippen molar-refractivity contribution in [3.05, 3.63) is 66.8 Å². The van der Waals surface area contributed by atoms with Crippen LogP contribution in [0.15, 0.2) is 60.7 Å². The summed E-state index contributed by atoms with van der Waals surface area (Å²) >= 11 is 0. The number of hydrogen-bond acceptors (Lipinski definition) is 1. The van der Waals surface area contributed by atoms with Gasteiger partial charge < -0.3 is 4.57 Å². The highest BCUT2D eigenvalue weighted by Crippen LogP contribution is 2.47. The van der Waals surface area contributed by atoms with E-state index in [2.05, 4.69) is 0 Å². The van der Waals surface area contributed by atoms with E-state index in [0.717, 1.165) is 17.0 Å². The molecule has 0 atom stereocenters. The molecule has 0 spiro atoms. The third-order valence-electron chi connectivity index (χ3n) is 2.72. The lowest BCUT2D eigenvalue weighted by Crippen LogP contribution is -2.15. The molecule has 0 radical (unpaired) electrons. The van der Waals surface area contributed by atoms with Gasteiger partial charge in [-0.15, -0.1) is 0 Å². The van der Waals surface area contributed by atoms with Crippen molar-refractivity contribution in [3.63, 3.8) is 0 Å². The molecule has 1 nitrogen and oxygen atoms in total. The highest BCUT2D eigenvalue weighted by atomic mass is 31.2. The molecule has 2 heteroatoms. The second-order valence-electron chi connectivity index (χ2n) is 3.92. The van der Waals surface area contributed by atoms with Gasteiger partial charge in [0.25, 0.3) is 0 Å². The Hall–Kier alpha value is -1.33. The van der Waals surface area contributed by atoms with Crippen LogP contribution in [0.1, 0.15) is 13.3 Å². The molecule has 2 rings (SSSR count). The molecule has 0 bridgehead atoms. The van der Waals surface area contributed by atoms with Gasteiger partial charge in [-0.1, -0.05) is 67.6 Å². The number of hydrogen-bond donors (Lipinski definition) is 0. The zero-order chi connectivity index (χ0) is 12.1. The topological polar surface area (TPSA) is 17.1 Å². The van der Waals surface area contributed by atoms with Crippen LogP contribution in [0.2, 0.25) is 0 Å². The lowest BCUT2D eigenvalue weighted by atomic mass is 10.4. The van der Waals surface area contributed by atoms with Crippen LogP contribution in [0, 0.1) is 6.16 Å². The van der Waals surface area contributed by atoms with Crippen LogP contribution in [0.4, 0.5) is 0 Å². The van der Waals surface area contributed by atoms with Gasteiger partial charge in [-0.2, -0.15) is 6.42 Å². The molecule has 88 valence electrons. The van der Waals surface area contributed by atoms with E-state index in [1.165, 1.54) is 0 Å². The first-order valence-corrected chi connectivity index (χ1v) is 7.60. The van der Waals surface area contributed by atoms with Crippen molar-refractivity contribution in [3.8, 4) is 0 Å². The van der Waals surface area contributed by atoms with Crippen molar-refractivity contribution in [1.82, 2.24) is 0 Å². The Morgan fingerprint density at radius 2 is 1.29 bits per heavy atom. The first kappa shape index (κ1) is 12.1. The lowest BCUT2D eigenvalue weighted by Gasteiger charge is -2.27. The molecule has 0 aliphatic carbocycles. The van der Waals surface area contributed by atoms with E-state index in [1.807, 2.05) is 73.7 Å². The van der Waals surface area contributed by atoms with Crippen LogP contribution in [0.5, 0.6) is 0 Å². The molecule has 0 heterocycles. The number of rotatable bonds is 4. The third-order valence-corrected chi connectivity index (χ3v) is 5.73. The summed E-state index contributed by atoms with van der Waals surface area (Å²) in [5, 5.41) is 1.82. The van der Waals surface area contributed by atoms with Gasteiger partial charge in [0.15, 0.2) is 0 Å². The van der Waals surface area contributed by atoms with Crippen molar-refractivity contribution >= 4 is 17.8 Å². The summed E-state index contributed by atoms with van der Waals surface area (Å²) in [5.41, 5.74) is 0. The first-order chi connectivity index (χ1) is 8.27. The Kier molecular flexibility index (Phi) is 3.81. The van der Waals surface area contributed by atoms with E-state index in [9.17, 15) is 4.57 Å². The van der Waals surface area contributed by atoms with Gasteiger partial charge in [-0.25, -0.2) is 0 Å². The average Bonchev–Trinajstić information content (AvgIpc) is 2.41. The molecule has 2 aromatic carbocycles. The summed E-state index contributed by atoms with van der Waals surface area (Å²) in [4.78, 5) is 0. The van der Waals surface area contributed by atoms with Crippen LogP contribution < -0.4 is 10.6 Å². The molecule has 2 aromatic rings. The van der Waals surface area contributed by atoms with Crippen LogP contribution >= 0.6 is 7.14 Å². The van der Waals surface area contributed by atoms with E-state index in [0.29, 0.717) is 0 Å². The molecule has 0 fully saturated rings. The molecule has 0 N–H and O–H groups in total. The van der Waals surface area contributed by atoms with Gasteiger partial charge in [0.1, 0.15) is 0 Å². The predicted octanol–water partition coefficient (Wildman–Crippen LogP) is 3.57. The Labute approximate surface area is 103 Å². The van der Waals surface area contributed by atoms with Crippen LogP contribution in [-0.4, -0.2) is 0 Å². The molecule has 0 aliphatic heterocycles. The van der Waals surface area contributed by atoms with Crippen molar-refractivity contribution in [1.29, 1.82) is 0 Å². The number of benzene rings is 2. The second kappa shape index (κ2) is 5.33. The molecular formula is C15H16OP-. The fraction of sp³-hybridized carbons (Fsp3) is 0.133.